The lowest BCUT2D eigenvalue weighted by Crippen LogP contribution is -2.66. The number of aryl methyl sites for hydroxylation is 1. The molecule has 8 heteroatoms. The van der Waals surface area contributed by atoms with Crippen LogP contribution in [0.2, 0.25) is 0 Å². The van der Waals surface area contributed by atoms with Crippen molar-refractivity contribution < 1.29 is 17.9 Å². The summed E-state index contributed by atoms with van der Waals surface area (Å²) < 4.78 is 30.8. The molecule has 2 fully saturated rings. The van der Waals surface area contributed by atoms with Crippen molar-refractivity contribution in [2.24, 2.45) is 5.92 Å². The van der Waals surface area contributed by atoms with Gasteiger partial charge in [-0.15, -0.1) is 0 Å². The molecule has 0 radical (unpaired) electrons. The van der Waals surface area contributed by atoms with Crippen LogP contribution < -0.4 is 4.72 Å². The number of hydrogen-bond donors (Lipinski definition) is 1. The molecule has 1 aromatic heterocycles. The third-order valence-electron chi connectivity index (χ3n) is 4.65. The molecule has 2 aliphatic heterocycles. The predicted octanol–water partition coefficient (Wildman–Crippen LogP) is 0.560. The number of carbonyl (C=O) groups excluding carboxylic acids is 1. The van der Waals surface area contributed by atoms with Gasteiger partial charge in [-0.2, -0.15) is 0 Å². The molecule has 3 heterocycles. The third kappa shape index (κ3) is 3.93. The summed E-state index contributed by atoms with van der Waals surface area (Å²) in [7, 11) is -3.16. The minimum absolute atomic E-state index is 0.0613. The molecule has 0 saturated carbocycles. The van der Waals surface area contributed by atoms with E-state index in [0.717, 1.165) is 24.7 Å². The molecule has 0 bridgehead atoms. The second-order valence-electron chi connectivity index (χ2n) is 6.90. The van der Waals surface area contributed by atoms with E-state index in [-0.39, 0.29) is 17.4 Å². The van der Waals surface area contributed by atoms with Crippen molar-refractivity contribution in [3.8, 4) is 0 Å². The van der Waals surface area contributed by atoms with E-state index >= 15 is 0 Å². The maximum absolute atomic E-state index is 12.4. The van der Waals surface area contributed by atoms with Gasteiger partial charge in [-0.25, -0.2) is 13.1 Å². The van der Waals surface area contributed by atoms with Crippen LogP contribution >= 0.6 is 0 Å². The first-order chi connectivity index (χ1) is 11.3. The van der Waals surface area contributed by atoms with Crippen molar-refractivity contribution in [1.82, 2.24) is 14.6 Å². The number of aromatic nitrogens is 1. The van der Waals surface area contributed by atoms with Crippen LogP contribution in [-0.4, -0.2) is 62.3 Å². The largest absolute Gasteiger partial charge is 0.371 e. The van der Waals surface area contributed by atoms with Crippen LogP contribution in [0.15, 0.2) is 18.3 Å². The summed E-state index contributed by atoms with van der Waals surface area (Å²) in [5.74, 6) is 0.127. The molecule has 7 nitrogen and oxygen atoms in total. The van der Waals surface area contributed by atoms with Gasteiger partial charge < -0.3 is 9.64 Å². The summed E-state index contributed by atoms with van der Waals surface area (Å²) >= 11 is 0. The molecule has 1 N–H and O–H groups in total. The van der Waals surface area contributed by atoms with Crippen LogP contribution in [0, 0.1) is 12.8 Å². The van der Waals surface area contributed by atoms with E-state index in [4.69, 9.17) is 4.74 Å². The Labute approximate surface area is 142 Å². The van der Waals surface area contributed by atoms with Gasteiger partial charge in [-0.05, 0) is 43.4 Å². The topological polar surface area (TPSA) is 88.6 Å². The Morgan fingerprint density at radius 2 is 2.25 bits per heavy atom. The number of likely N-dealkylation sites (tertiary alicyclic amines) is 1. The Bertz CT molecular complexity index is 719. The maximum Gasteiger partial charge on any atom is 0.272 e. The first-order valence-corrected chi connectivity index (χ1v) is 9.96. The minimum atomic E-state index is -3.16. The number of rotatable bonds is 4. The fourth-order valence-corrected chi connectivity index (χ4v) is 3.74. The number of amides is 1. The molecule has 3 rings (SSSR count). The van der Waals surface area contributed by atoms with Crippen molar-refractivity contribution in [2.75, 3.05) is 32.5 Å². The van der Waals surface area contributed by atoms with Crippen molar-refractivity contribution in [1.29, 1.82) is 0 Å². The molecule has 0 aromatic carbocycles. The molecule has 1 aromatic rings. The van der Waals surface area contributed by atoms with Crippen LogP contribution in [0.4, 0.5) is 0 Å². The Morgan fingerprint density at radius 3 is 2.83 bits per heavy atom. The van der Waals surface area contributed by atoms with Crippen LogP contribution in [0.1, 0.15) is 28.9 Å². The number of carbonyl (C=O) groups is 1. The first-order valence-electron chi connectivity index (χ1n) is 8.07. The maximum atomic E-state index is 12.4. The minimum Gasteiger partial charge on any atom is -0.371 e. The highest BCUT2D eigenvalue weighted by Crippen LogP contribution is 2.36. The van der Waals surface area contributed by atoms with Crippen molar-refractivity contribution >= 4 is 15.9 Å². The Balaban J connectivity index is 1.49. The lowest BCUT2D eigenvalue weighted by molar-refractivity contribution is -0.166. The average molecular weight is 353 g/mol. The molecule has 1 atom stereocenters. The summed E-state index contributed by atoms with van der Waals surface area (Å²) in [6, 6.07) is 3.66. The van der Waals surface area contributed by atoms with E-state index in [9.17, 15) is 13.2 Å². The van der Waals surface area contributed by atoms with Gasteiger partial charge in [-0.1, -0.05) is 0 Å². The van der Waals surface area contributed by atoms with E-state index < -0.39 is 10.0 Å². The number of nitrogens with zero attached hydrogens (tertiary/aromatic N) is 2. The van der Waals surface area contributed by atoms with Crippen molar-refractivity contribution in [3.05, 3.63) is 29.6 Å². The normalized spacial score (nSPS) is 23.1. The highest BCUT2D eigenvalue weighted by atomic mass is 32.2. The van der Waals surface area contributed by atoms with Crippen LogP contribution in [0.5, 0.6) is 0 Å². The quantitative estimate of drug-likeness (QED) is 0.854. The van der Waals surface area contributed by atoms with Crippen LogP contribution in [-0.2, 0) is 14.8 Å². The number of pyridine rings is 1. The first kappa shape index (κ1) is 17.3. The molecule has 0 aliphatic carbocycles. The molecule has 1 amide bonds. The Hall–Kier alpha value is -1.51. The average Bonchev–Trinajstić information content (AvgIpc) is 2.50. The zero-order chi connectivity index (χ0) is 17.4. The zero-order valence-corrected chi connectivity index (χ0v) is 14.8. The van der Waals surface area contributed by atoms with Crippen molar-refractivity contribution in [3.63, 3.8) is 0 Å². The summed E-state index contributed by atoms with van der Waals surface area (Å²) in [5, 5.41) is 0. The summed E-state index contributed by atoms with van der Waals surface area (Å²) in [5.41, 5.74) is 1.22. The van der Waals surface area contributed by atoms with Crippen LogP contribution in [0.3, 0.4) is 0 Å². The molecule has 24 heavy (non-hydrogen) atoms. The zero-order valence-electron chi connectivity index (χ0n) is 14.0. The molecular formula is C16H23N3O4S. The van der Waals surface area contributed by atoms with E-state index in [1.807, 2.05) is 13.0 Å². The molecule has 2 saturated heterocycles. The molecular weight excluding hydrogens is 330 g/mol. The van der Waals surface area contributed by atoms with Gasteiger partial charge in [0.25, 0.3) is 5.91 Å². The number of sulfonamides is 1. The lowest BCUT2D eigenvalue weighted by atomic mass is 9.83. The van der Waals surface area contributed by atoms with Gasteiger partial charge in [0.1, 0.15) is 11.3 Å². The second-order valence-corrected chi connectivity index (χ2v) is 8.73. The van der Waals surface area contributed by atoms with E-state index in [2.05, 4.69) is 9.71 Å². The molecule has 0 unspecified atom stereocenters. The van der Waals surface area contributed by atoms with E-state index in [0.29, 0.717) is 31.9 Å². The van der Waals surface area contributed by atoms with Gasteiger partial charge in [0, 0.05) is 12.7 Å². The molecule has 2 aliphatic rings. The predicted molar refractivity (Wildman–Crippen MR) is 89.1 cm³/mol. The van der Waals surface area contributed by atoms with Gasteiger partial charge in [-0.3, -0.25) is 9.78 Å². The van der Waals surface area contributed by atoms with Crippen molar-refractivity contribution in [2.45, 2.75) is 25.4 Å². The highest BCUT2D eigenvalue weighted by molar-refractivity contribution is 7.88. The third-order valence-corrected chi connectivity index (χ3v) is 5.34. The number of ether oxygens (including phenoxy) is 1. The number of hydrogen-bond acceptors (Lipinski definition) is 5. The smallest absolute Gasteiger partial charge is 0.272 e. The summed E-state index contributed by atoms with van der Waals surface area (Å²) in [4.78, 5) is 18.3. The second kappa shape index (κ2) is 6.42. The molecule has 132 valence electrons. The monoisotopic (exact) mass is 353 g/mol. The highest BCUT2D eigenvalue weighted by Gasteiger charge is 2.48. The Morgan fingerprint density at radius 1 is 1.50 bits per heavy atom. The van der Waals surface area contributed by atoms with Gasteiger partial charge in [0.15, 0.2) is 0 Å². The number of nitrogens with one attached hydrogen (secondary N) is 1. The van der Waals surface area contributed by atoms with Gasteiger partial charge in [0.05, 0.1) is 26.0 Å². The fraction of sp³-hybridized carbons (Fsp3) is 0.625. The van der Waals surface area contributed by atoms with Crippen LogP contribution in [0.25, 0.3) is 0 Å². The van der Waals surface area contributed by atoms with E-state index in [1.54, 1.807) is 17.2 Å². The molecule has 1 spiro atoms. The standard InChI is InChI=1S/C16H23N3O4S/c1-12-4-6-17-14(7-12)15(20)19-10-16(11-19)5-3-13(9-23-16)8-18-24(2,21)22/h4,6-7,13,18H,3,5,8-11H2,1-2H3/t13-/m0/s1. The van der Waals surface area contributed by atoms with Gasteiger partial charge >= 0.3 is 0 Å². The van der Waals surface area contributed by atoms with Gasteiger partial charge in [0.2, 0.25) is 10.0 Å². The lowest BCUT2D eigenvalue weighted by Gasteiger charge is -2.52. The summed E-state index contributed by atoms with van der Waals surface area (Å²) in [6.07, 6.45) is 4.54. The van der Waals surface area contributed by atoms with E-state index in [1.165, 1.54) is 0 Å². The fourth-order valence-electron chi connectivity index (χ4n) is 3.21. The Kier molecular flexibility index (Phi) is 4.63. The SMILES string of the molecule is Cc1ccnc(C(=O)N2CC3(CC[C@@H](CNS(C)(=O)=O)CO3)C2)c1. The summed E-state index contributed by atoms with van der Waals surface area (Å²) in [6.45, 7) is 4.02.